The Kier molecular flexibility index (Phi) is 5.86. The Hall–Kier alpha value is -3.11. The lowest BCUT2D eigenvalue weighted by Crippen LogP contribution is -2.32. The van der Waals surface area contributed by atoms with E-state index in [4.69, 9.17) is 10.1 Å². The average molecular weight is 400 g/mol. The van der Waals surface area contributed by atoms with Gasteiger partial charge in [0.25, 0.3) is 0 Å². The van der Waals surface area contributed by atoms with Crippen LogP contribution < -0.4 is 5.62 Å². The van der Waals surface area contributed by atoms with Gasteiger partial charge < -0.3 is 13.9 Å². The second kappa shape index (κ2) is 8.72. The Morgan fingerprint density at radius 1 is 0.833 bits per heavy atom. The fraction of sp³-hybridized carbons (Fsp3) is 0.269. The molecule has 0 fully saturated rings. The number of fused-ring (bicyclic) bond motifs is 1. The smallest absolute Gasteiger partial charge is 0.203 e. The topological polar surface area (TPSA) is 42.9 Å². The molecule has 0 spiro atoms. The summed E-state index contributed by atoms with van der Waals surface area (Å²) in [5.41, 5.74) is 6.34. The van der Waals surface area contributed by atoms with Gasteiger partial charge in [0.15, 0.2) is 0 Å². The van der Waals surface area contributed by atoms with E-state index >= 15 is 0 Å². The van der Waals surface area contributed by atoms with Crippen LogP contribution in [0.5, 0.6) is 0 Å². The minimum Gasteiger partial charge on any atom is -0.383 e. The molecule has 3 aromatic carbocycles. The maximum atomic E-state index is 9.13. The minimum absolute atomic E-state index is 0.0410. The molecule has 0 aliphatic carbocycles. The van der Waals surface area contributed by atoms with Crippen LogP contribution in [0.2, 0.25) is 0 Å². The monoisotopic (exact) mass is 399 g/mol. The molecule has 154 valence electrons. The molecule has 0 aliphatic rings. The predicted octanol–water partition coefficient (Wildman–Crippen LogP) is 5.27. The first-order chi connectivity index (χ1) is 14.6. The summed E-state index contributed by atoms with van der Waals surface area (Å²) in [6, 6.07) is 27.5. The van der Waals surface area contributed by atoms with Crippen LogP contribution in [0.3, 0.4) is 0 Å². The molecule has 1 aromatic heterocycles. The number of hydrogen-bond acceptors (Lipinski definition) is 2. The first-order valence-corrected chi connectivity index (χ1v) is 10.5. The molecule has 4 rings (SSSR count). The average Bonchev–Trinajstić information content (AvgIpc) is 3.07. The lowest BCUT2D eigenvalue weighted by atomic mass is 10.0. The first kappa shape index (κ1) is 20.2. The van der Waals surface area contributed by atoms with Gasteiger partial charge in [-0.15, -0.1) is 0 Å². The number of aryl methyl sites for hydroxylation is 1. The Morgan fingerprint density at radius 3 is 2.07 bits per heavy atom. The van der Waals surface area contributed by atoms with Crippen LogP contribution in [0.25, 0.3) is 11.0 Å². The third-order valence-corrected chi connectivity index (χ3v) is 5.84. The van der Waals surface area contributed by atoms with Gasteiger partial charge in [-0.1, -0.05) is 72.3 Å². The summed E-state index contributed by atoms with van der Waals surface area (Å²) in [6.07, 6.45) is 0.818. The van der Waals surface area contributed by atoms with Crippen LogP contribution in [0.1, 0.15) is 35.7 Å². The van der Waals surface area contributed by atoms with Crippen molar-refractivity contribution in [3.8, 4) is 0 Å². The Balaban J connectivity index is 1.84. The standard InChI is InChI=1S/C26H29N3O/c1-19-13-15-21(16-14-19)17-23(18-30-3)29-25-12-8-7-11-24(25)28(26(29)27)20(2)22-9-5-4-6-10-22/h4-16,20,23,27H,17-18H2,1-3H3/t20-,23?/m0/s1. The van der Waals surface area contributed by atoms with E-state index in [2.05, 4.69) is 83.6 Å². The SMILES string of the molecule is COCC(Cc1ccc(C)cc1)n1c(=N)n([C@@H](C)c2ccccc2)c2ccccc21. The number of benzene rings is 3. The van der Waals surface area contributed by atoms with Crippen molar-refractivity contribution in [1.82, 2.24) is 9.13 Å². The largest absolute Gasteiger partial charge is 0.383 e. The highest BCUT2D eigenvalue weighted by atomic mass is 16.5. The first-order valence-electron chi connectivity index (χ1n) is 10.5. The number of para-hydroxylation sites is 2. The highest BCUT2D eigenvalue weighted by Gasteiger charge is 2.22. The second-order valence-electron chi connectivity index (χ2n) is 7.94. The van der Waals surface area contributed by atoms with Crippen LogP contribution in [-0.2, 0) is 11.2 Å². The molecule has 0 bridgehead atoms. The normalized spacial score (nSPS) is 13.4. The molecule has 1 unspecified atom stereocenters. The molecule has 4 aromatic rings. The van der Waals surface area contributed by atoms with Crippen LogP contribution in [-0.4, -0.2) is 22.9 Å². The molecular weight excluding hydrogens is 370 g/mol. The van der Waals surface area contributed by atoms with Crippen molar-refractivity contribution in [3.05, 3.63) is 101 Å². The van der Waals surface area contributed by atoms with Gasteiger partial charge in [-0.3, -0.25) is 5.41 Å². The molecule has 4 heteroatoms. The van der Waals surface area contributed by atoms with Crippen molar-refractivity contribution in [2.45, 2.75) is 32.4 Å². The van der Waals surface area contributed by atoms with Gasteiger partial charge >= 0.3 is 0 Å². The summed E-state index contributed by atoms with van der Waals surface area (Å²) in [6.45, 7) is 4.82. The van der Waals surface area contributed by atoms with Gasteiger partial charge in [0, 0.05) is 7.11 Å². The van der Waals surface area contributed by atoms with E-state index in [1.807, 2.05) is 18.2 Å². The number of hydrogen-bond donors (Lipinski definition) is 1. The Bertz CT molecular complexity index is 1170. The van der Waals surface area contributed by atoms with Crippen molar-refractivity contribution >= 4 is 11.0 Å². The zero-order chi connectivity index (χ0) is 21.1. The Labute approximate surface area is 177 Å². The highest BCUT2D eigenvalue weighted by Crippen LogP contribution is 2.26. The van der Waals surface area contributed by atoms with Gasteiger partial charge in [-0.2, -0.15) is 0 Å². The Morgan fingerprint density at radius 2 is 1.43 bits per heavy atom. The molecule has 0 amide bonds. The maximum absolute atomic E-state index is 9.13. The summed E-state index contributed by atoms with van der Waals surface area (Å²) in [5.74, 6) is 0. The molecule has 1 heterocycles. The minimum atomic E-state index is 0.0410. The van der Waals surface area contributed by atoms with Crippen LogP contribution in [0.4, 0.5) is 0 Å². The number of nitrogens with one attached hydrogen (secondary N) is 1. The summed E-state index contributed by atoms with van der Waals surface area (Å²) in [7, 11) is 1.73. The van der Waals surface area contributed by atoms with Gasteiger partial charge in [0.2, 0.25) is 5.62 Å². The molecule has 0 radical (unpaired) electrons. The van der Waals surface area contributed by atoms with E-state index in [0.717, 1.165) is 17.5 Å². The van der Waals surface area contributed by atoms with Gasteiger partial charge in [-0.05, 0) is 43.5 Å². The van der Waals surface area contributed by atoms with E-state index in [1.165, 1.54) is 16.7 Å². The van der Waals surface area contributed by atoms with E-state index < -0.39 is 0 Å². The lowest BCUT2D eigenvalue weighted by molar-refractivity contribution is 0.154. The van der Waals surface area contributed by atoms with Crippen molar-refractivity contribution in [1.29, 1.82) is 5.41 Å². The number of aromatic nitrogens is 2. The molecule has 0 saturated carbocycles. The highest BCUT2D eigenvalue weighted by molar-refractivity contribution is 5.76. The van der Waals surface area contributed by atoms with Crippen molar-refractivity contribution in [2.75, 3.05) is 13.7 Å². The maximum Gasteiger partial charge on any atom is 0.203 e. The van der Waals surface area contributed by atoms with E-state index in [9.17, 15) is 0 Å². The third-order valence-electron chi connectivity index (χ3n) is 5.84. The summed E-state index contributed by atoms with van der Waals surface area (Å²) in [4.78, 5) is 0. The second-order valence-corrected chi connectivity index (χ2v) is 7.94. The third kappa shape index (κ3) is 3.83. The van der Waals surface area contributed by atoms with Crippen LogP contribution >= 0.6 is 0 Å². The zero-order valence-corrected chi connectivity index (χ0v) is 17.9. The van der Waals surface area contributed by atoms with Crippen molar-refractivity contribution < 1.29 is 4.74 Å². The van der Waals surface area contributed by atoms with Crippen molar-refractivity contribution in [2.24, 2.45) is 0 Å². The van der Waals surface area contributed by atoms with Crippen LogP contribution in [0, 0.1) is 12.3 Å². The number of nitrogens with zero attached hydrogens (tertiary/aromatic N) is 2. The van der Waals surface area contributed by atoms with Gasteiger partial charge in [0.05, 0.1) is 29.7 Å². The van der Waals surface area contributed by atoms with E-state index in [-0.39, 0.29) is 12.1 Å². The molecule has 30 heavy (non-hydrogen) atoms. The predicted molar refractivity (Wildman–Crippen MR) is 122 cm³/mol. The number of ether oxygens (including phenoxy) is 1. The zero-order valence-electron chi connectivity index (χ0n) is 17.9. The van der Waals surface area contributed by atoms with Gasteiger partial charge in [0.1, 0.15) is 0 Å². The van der Waals surface area contributed by atoms with Crippen molar-refractivity contribution in [3.63, 3.8) is 0 Å². The van der Waals surface area contributed by atoms with Gasteiger partial charge in [-0.25, -0.2) is 0 Å². The quantitative estimate of drug-likeness (QED) is 0.452. The summed E-state index contributed by atoms with van der Waals surface area (Å²) in [5, 5.41) is 9.13. The fourth-order valence-electron chi connectivity index (χ4n) is 4.27. The van der Waals surface area contributed by atoms with Crippen LogP contribution in [0.15, 0.2) is 78.9 Å². The summed E-state index contributed by atoms with van der Waals surface area (Å²) < 4.78 is 9.86. The van der Waals surface area contributed by atoms with E-state index in [0.29, 0.717) is 12.2 Å². The molecule has 1 N–H and O–H groups in total. The number of imidazole rings is 1. The molecule has 0 saturated heterocycles. The number of methoxy groups -OCH3 is 1. The molecule has 0 aliphatic heterocycles. The molecule has 4 nitrogen and oxygen atoms in total. The van der Waals surface area contributed by atoms with E-state index in [1.54, 1.807) is 7.11 Å². The lowest BCUT2D eigenvalue weighted by Gasteiger charge is -2.20. The number of rotatable bonds is 7. The molecular formula is C26H29N3O. The molecule has 2 atom stereocenters. The summed E-state index contributed by atoms with van der Waals surface area (Å²) >= 11 is 0. The fourth-order valence-corrected chi connectivity index (χ4v) is 4.27.